The molecule has 0 atom stereocenters. The Kier molecular flexibility index (Phi) is 5.69. The van der Waals surface area contributed by atoms with E-state index in [0.29, 0.717) is 0 Å². The third-order valence-corrected chi connectivity index (χ3v) is 3.48. The molecule has 0 radical (unpaired) electrons. The minimum Gasteiger partial charge on any atom is -0.397 e. The fraction of sp³-hybridized carbons (Fsp3) is 0.125. The summed E-state index contributed by atoms with van der Waals surface area (Å²) < 4.78 is 73.9. The standard InChI is InChI=1S/C9H4ClF3N2.C7H7F3N2/c10-7-4-14-6-3-1-2-5(8(6)15-7)9(11,12)13;8-7(9,10)4-2-1-3-5(11)6(4)12/h1-4H;1-3H,11-12H2. The molecule has 0 aliphatic carbocycles. The molecule has 0 amide bonds. The number of para-hydroxylation sites is 2. The Labute approximate surface area is 153 Å². The van der Waals surface area contributed by atoms with E-state index in [1.54, 1.807) is 0 Å². The summed E-state index contributed by atoms with van der Waals surface area (Å²) in [7, 11) is 0. The highest BCUT2D eigenvalue weighted by Crippen LogP contribution is 2.35. The second-order valence-corrected chi connectivity index (χ2v) is 5.56. The Morgan fingerprint density at radius 1 is 0.815 bits per heavy atom. The number of hydrogen-bond acceptors (Lipinski definition) is 4. The van der Waals surface area contributed by atoms with Crippen molar-refractivity contribution >= 4 is 34.0 Å². The zero-order valence-corrected chi connectivity index (χ0v) is 14.0. The molecular weight excluding hydrogens is 398 g/mol. The summed E-state index contributed by atoms with van der Waals surface area (Å²) in [6.45, 7) is 0. The molecule has 0 saturated carbocycles. The molecular formula is C16H11ClF6N4. The van der Waals surface area contributed by atoms with Crippen LogP contribution >= 0.6 is 11.6 Å². The number of halogens is 7. The Balaban J connectivity index is 0.000000199. The van der Waals surface area contributed by atoms with Gasteiger partial charge >= 0.3 is 12.4 Å². The number of nitrogens with two attached hydrogens (primary N) is 2. The van der Waals surface area contributed by atoms with E-state index in [1.165, 1.54) is 30.5 Å². The van der Waals surface area contributed by atoms with E-state index in [2.05, 4.69) is 9.97 Å². The second kappa shape index (κ2) is 7.47. The first-order valence-electron chi connectivity index (χ1n) is 7.11. The Hall–Kier alpha value is -2.75. The van der Waals surface area contributed by atoms with Crippen LogP contribution in [0.15, 0.2) is 42.6 Å². The smallest absolute Gasteiger partial charge is 0.397 e. The quantitative estimate of drug-likeness (QED) is 0.397. The van der Waals surface area contributed by atoms with Gasteiger partial charge in [0.15, 0.2) is 0 Å². The van der Waals surface area contributed by atoms with E-state index in [1.807, 2.05) is 0 Å². The van der Waals surface area contributed by atoms with Crippen LogP contribution in [-0.2, 0) is 12.4 Å². The fourth-order valence-corrected chi connectivity index (χ4v) is 2.20. The van der Waals surface area contributed by atoms with Gasteiger partial charge in [-0.2, -0.15) is 26.3 Å². The van der Waals surface area contributed by atoms with Crippen molar-refractivity contribution in [3.8, 4) is 0 Å². The van der Waals surface area contributed by atoms with Crippen molar-refractivity contribution in [1.82, 2.24) is 9.97 Å². The van der Waals surface area contributed by atoms with Crippen molar-refractivity contribution in [3.63, 3.8) is 0 Å². The molecule has 3 rings (SSSR count). The first kappa shape index (κ1) is 20.6. The third kappa shape index (κ3) is 4.91. The summed E-state index contributed by atoms with van der Waals surface area (Å²) >= 11 is 5.50. The highest BCUT2D eigenvalue weighted by molar-refractivity contribution is 6.29. The van der Waals surface area contributed by atoms with Crippen LogP contribution in [-0.4, -0.2) is 9.97 Å². The largest absolute Gasteiger partial charge is 0.418 e. The molecule has 144 valence electrons. The molecule has 0 unspecified atom stereocenters. The minimum absolute atomic E-state index is 0.0511. The molecule has 1 aromatic heterocycles. The van der Waals surface area contributed by atoms with Gasteiger partial charge in [0.1, 0.15) is 10.7 Å². The lowest BCUT2D eigenvalue weighted by Gasteiger charge is -2.10. The molecule has 0 spiro atoms. The highest BCUT2D eigenvalue weighted by Gasteiger charge is 2.34. The maximum Gasteiger partial charge on any atom is 0.418 e. The molecule has 2 aromatic carbocycles. The predicted octanol–water partition coefficient (Wildman–Crippen LogP) is 5.17. The van der Waals surface area contributed by atoms with E-state index in [4.69, 9.17) is 23.1 Å². The molecule has 1 heterocycles. The maximum absolute atomic E-state index is 12.5. The normalized spacial score (nSPS) is 11.8. The maximum atomic E-state index is 12.5. The van der Waals surface area contributed by atoms with Gasteiger partial charge in [0.05, 0.1) is 34.2 Å². The van der Waals surface area contributed by atoms with Crippen molar-refractivity contribution in [3.05, 3.63) is 58.9 Å². The first-order chi connectivity index (χ1) is 12.4. The number of hydrogen-bond donors (Lipinski definition) is 2. The van der Waals surface area contributed by atoms with E-state index < -0.39 is 29.2 Å². The number of aromatic nitrogens is 2. The van der Waals surface area contributed by atoms with Crippen LogP contribution < -0.4 is 11.5 Å². The van der Waals surface area contributed by atoms with Crippen LogP contribution in [0.2, 0.25) is 5.15 Å². The molecule has 0 fully saturated rings. The summed E-state index contributed by atoms with van der Waals surface area (Å²) in [6.07, 6.45) is -7.66. The lowest BCUT2D eigenvalue weighted by molar-refractivity contribution is -0.137. The Morgan fingerprint density at radius 3 is 1.93 bits per heavy atom. The van der Waals surface area contributed by atoms with E-state index in [0.717, 1.165) is 12.1 Å². The van der Waals surface area contributed by atoms with Crippen LogP contribution in [0.3, 0.4) is 0 Å². The first-order valence-corrected chi connectivity index (χ1v) is 7.48. The summed E-state index contributed by atoms with van der Waals surface area (Å²) in [6, 6.07) is 7.12. The van der Waals surface area contributed by atoms with Crippen molar-refractivity contribution < 1.29 is 26.3 Å². The number of anilines is 2. The molecule has 0 aliphatic rings. The number of nitrogens with zero attached hydrogens (tertiary/aromatic N) is 2. The molecule has 27 heavy (non-hydrogen) atoms. The molecule has 0 aliphatic heterocycles. The van der Waals surface area contributed by atoms with Gasteiger partial charge in [-0.25, -0.2) is 4.98 Å². The minimum atomic E-state index is -4.45. The molecule has 4 N–H and O–H groups in total. The number of fused-ring (bicyclic) bond motifs is 1. The van der Waals surface area contributed by atoms with Gasteiger partial charge in [0, 0.05) is 0 Å². The van der Waals surface area contributed by atoms with Crippen LogP contribution in [0.25, 0.3) is 11.0 Å². The zero-order valence-electron chi connectivity index (χ0n) is 13.2. The zero-order chi connectivity index (χ0) is 20.4. The lowest BCUT2D eigenvalue weighted by atomic mass is 10.1. The van der Waals surface area contributed by atoms with Gasteiger partial charge in [-0.05, 0) is 24.3 Å². The van der Waals surface area contributed by atoms with Gasteiger partial charge in [0.25, 0.3) is 0 Å². The summed E-state index contributed by atoms with van der Waals surface area (Å²) in [5.74, 6) is 0. The highest BCUT2D eigenvalue weighted by atomic mass is 35.5. The second-order valence-electron chi connectivity index (χ2n) is 5.17. The van der Waals surface area contributed by atoms with E-state index in [-0.39, 0.29) is 21.9 Å². The van der Waals surface area contributed by atoms with Crippen molar-refractivity contribution in [2.24, 2.45) is 0 Å². The molecule has 3 aromatic rings. The monoisotopic (exact) mass is 408 g/mol. The predicted molar refractivity (Wildman–Crippen MR) is 89.8 cm³/mol. The van der Waals surface area contributed by atoms with Gasteiger partial charge in [0.2, 0.25) is 0 Å². The lowest BCUT2D eigenvalue weighted by Crippen LogP contribution is -2.10. The van der Waals surface area contributed by atoms with Crippen molar-refractivity contribution in [1.29, 1.82) is 0 Å². The molecule has 11 heteroatoms. The van der Waals surface area contributed by atoms with Crippen molar-refractivity contribution in [2.75, 3.05) is 11.5 Å². The average Bonchev–Trinajstić information content (AvgIpc) is 2.55. The molecule has 4 nitrogen and oxygen atoms in total. The average molecular weight is 409 g/mol. The van der Waals surface area contributed by atoms with Crippen LogP contribution in [0.5, 0.6) is 0 Å². The molecule has 0 bridgehead atoms. The summed E-state index contributed by atoms with van der Waals surface area (Å²) in [5.41, 5.74) is 8.09. The van der Waals surface area contributed by atoms with Gasteiger partial charge in [-0.1, -0.05) is 23.7 Å². The third-order valence-electron chi connectivity index (χ3n) is 3.29. The van der Waals surface area contributed by atoms with Gasteiger partial charge in [-0.15, -0.1) is 0 Å². The molecule has 0 saturated heterocycles. The topological polar surface area (TPSA) is 77.8 Å². The van der Waals surface area contributed by atoms with Gasteiger partial charge < -0.3 is 11.5 Å². The number of alkyl halides is 6. The summed E-state index contributed by atoms with van der Waals surface area (Å²) in [5, 5.41) is -0.0563. The Bertz CT molecular complexity index is 956. The van der Waals surface area contributed by atoms with E-state index >= 15 is 0 Å². The number of rotatable bonds is 0. The van der Waals surface area contributed by atoms with Crippen LogP contribution in [0, 0.1) is 0 Å². The van der Waals surface area contributed by atoms with Crippen LogP contribution in [0.4, 0.5) is 37.7 Å². The SMILES string of the molecule is FC(F)(F)c1cccc2ncc(Cl)nc12.Nc1cccc(C(F)(F)F)c1N. The van der Waals surface area contributed by atoms with Gasteiger partial charge in [-0.3, -0.25) is 4.98 Å². The van der Waals surface area contributed by atoms with Crippen molar-refractivity contribution in [2.45, 2.75) is 12.4 Å². The fourth-order valence-electron chi connectivity index (χ4n) is 2.07. The Morgan fingerprint density at radius 2 is 1.37 bits per heavy atom. The number of benzene rings is 2. The number of nitrogen functional groups attached to an aromatic ring is 2. The summed E-state index contributed by atoms with van der Waals surface area (Å²) in [4.78, 5) is 7.39. The van der Waals surface area contributed by atoms with Crippen LogP contribution in [0.1, 0.15) is 11.1 Å². The van der Waals surface area contributed by atoms with E-state index in [9.17, 15) is 26.3 Å².